The van der Waals surface area contributed by atoms with E-state index in [1.807, 2.05) is 0 Å². The lowest BCUT2D eigenvalue weighted by molar-refractivity contribution is -0.131. The molecule has 1 saturated carbocycles. The summed E-state index contributed by atoms with van der Waals surface area (Å²) in [6.07, 6.45) is 2.89. The fourth-order valence-corrected chi connectivity index (χ4v) is 1.87. The molecule has 9 heavy (non-hydrogen) atoms. The predicted octanol–water partition coefficient (Wildman–Crippen LogP) is 0.422. The van der Waals surface area contributed by atoms with Crippen LogP contribution in [-0.4, -0.2) is 29.8 Å². The Kier molecular flexibility index (Phi) is 0.943. The van der Waals surface area contributed by atoms with E-state index >= 15 is 0 Å². The monoisotopic (exact) mass is 125 g/mol. The zero-order valence-electron chi connectivity index (χ0n) is 5.63. The Morgan fingerprint density at radius 2 is 2.00 bits per heavy atom. The average Bonchev–Trinajstić information content (AvgIpc) is 1.87. The molecular formula is C7H11NO. The Bertz CT molecular complexity index is 141. The number of hydrogen-bond donors (Lipinski definition) is 0. The molecule has 0 aromatic heterocycles. The first kappa shape index (κ1) is 5.42. The second-order valence-corrected chi connectivity index (χ2v) is 3.16. The summed E-state index contributed by atoms with van der Waals surface area (Å²) in [7, 11) is 2.12. The summed E-state index contributed by atoms with van der Waals surface area (Å²) < 4.78 is 0. The fourth-order valence-electron chi connectivity index (χ4n) is 1.87. The number of hydrogen-bond acceptors (Lipinski definition) is 2. The number of nitrogens with zero attached hydrogens (tertiary/aromatic N) is 1. The van der Waals surface area contributed by atoms with Gasteiger partial charge >= 0.3 is 0 Å². The van der Waals surface area contributed by atoms with Crippen LogP contribution in [0.2, 0.25) is 0 Å². The van der Waals surface area contributed by atoms with Crippen molar-refractivity contribution in [2.24, 2.45) is 0 Å². The lowest BCUT2D eigenvalue weighted by Gasteiger charge is -2.50. The van der Waals surface area contributed by atoms with Crippen molar-refractivity contribution < 1.29 is 4.79 Å². The lowest BCUT2D eigenvalue weighted by atomic mass is 9.80. The van der Waals surface area contributed by atoms with Crippen LogP contribution in [0.15, 0.2) is 0 Å². The molecule has 2 heterocycles. The van der Waals surface area contributed by atoms with Crippen LogP contribution in [0.5, 0.6) is 0 Å². The molecule has 2 atom stereocenters. The van der Waals surface area contributed by atoms with Gasteiger partial charge in [-0.05, 0) is 13.5 Å². The molecule has 0 spiro atoms. The highest BCUT2D eigenvalue weighted by molar-refractivity contribution is 5.81. The number of rotatable bonds is 0. The zero-order chi connectivity index (χ0) is 6.43. The van der Waals surface area contributed by atoms with Crippen molar-refractivity contribution in [2.45, 2.75) is 31.3 Å². The van der Waals surface area contributed by atoms with Gasteiger partial charge in [-0.2, -0.15) is 0 Å². The van der Waals surface area contributed by atoms with E-state index in [4.69, 9.17) is 0 Å². The third-order valence-corrected chi connectivity index (χ3v) is 2.62. The SMILES string of the molecule is CN1C2CC(=O)CC1C2. The molecule has 2 nitrogen and oxygen atoms in total. The summed E-state index contributed by atoms with van der Waals surface area (Å²) in [5, 5.41) is 0. The molecule has 2 bridgehead atoms. The highest BCUT2D eigenvalue weighted by Gasteiger charge is 2.41. The molecule has 0 aromatic carbocycles. The molecule has 3 aliphatic rings. The normalized spacial score (nSPS) is 42.6. The quantitative estimate of drug-likeness (QED) is 0.467. The molecular weight excluding hydrogens is 114 g/mol. The molecule has 2 unspecified atom stereocenters. The Morgan fingerprint density at radius 3 is 2.33 bits per heavy atom. The highest BCUT2D eigenvalue weighted by atomic mass is 16.1. The topological polar surface area (TPSA) is 20.3 Å². The maximum Gasteiger partial charge on any atom is 0.136 e. The van der Waals surface area contributed by atoms with Crippen LogP contribution in [0, 0.1) is 0 Å². The van der Waals surface area contributed by atoms with Crippen LogP contribution >= 0.6 is 0 Å². The number of piperidine rings is 1. The van der Waals surface area contributed by atoms with Crippen molar-refractivity contribution >= 4 is 5.78 Å². The van der Waals surface area contributed by atoms with Gasteiger partial charge in [0.15, 0.2) is 0 Å². The maximum absolute atomic E-state index is 10.8. The Labute approximate surface area is 54.8 Å². The first-order chi connectivity index (χ1) is 4.27. The molecule has 0 aromatic rings. The number of ketones is 1. The molecule has 2 aliphatic heterocycles. The number of fused-ring (bicyclic) bond motifs is 2. The van der Waals surface area contributed by atoms with Crippen LogP contribution in [0.3, 0.4) is 0 Å². The van der Waals surface area contributed by atoms with Crippen LogP contribution in [0.4, 0.5) is 0 Å². The van der Waals surface area contributed by atoms with Crippen molar-refractivity contribution in [3.8, 4) is 0 Å². The summed E-state index contributed by atoms with van der Waals surface area (Å²) in [6.45, 7) is 0. The zero-order valence-corrected chi connectivity index (χ0v) is 5.63. The Balaban J connectivity index is 2.09. The van der Waals surface area contributed by atoms with Gasteiger partial charge in [-0.25, -0.2) is 0 Å². The predicted molar refractivity (Wildman–Crippen MR) is 34.2 cm³/mol. The first-order valence-corrected chi connectivity index (χ1v) is 3.51. The van der Waals surface area contributed by atoms with E-state index in [1.165, 1.54) is 6.42 Å². The molecule has 0 amide bonds. The van der Waals surface area contributed by atoms with E-state index in [0.29, 0.717) is 17.9 Å². The molecule has 2 saturated heterocycles. The van der Waals surface area contributed by atoms with Gasteiger partial charge in [0.2, 0.25) is 0 Å². The van der Waals surface area contributed by atoms with Gasteiger partial charge in [0.25, 0.3) is 0 Å². The molecule has 3 fully saturated rings. The van der Waals surface area contributed by atoms with Gasteiger partial charge in [0.1, 0.15) is 5.78 Å². The minimum Gasteiger partial charge on any atom is -0.300 e. The molecule has 3 rings (SSSR count). The van der Waals surface area contributed by atoms with Gasteiger partial charge in [0.05, 0.1) is 0 Å². The summed E-state index contributed by atoms with van der Waals surface area (Å²) in [5.74, 6) is 0.467. The summed E-state index contributed by atoms with van der Waals surface area (Å²) in [4.78, 5) is 13.1. The van der Waals surface area contributed by atoms with Crippen molar-refractivity contribution in [2.75, 3.05) is 7.05 Å². The smallest absolute Gasteiger partial charge is 0.136 e. The molecule has 1 aliphatic carbocycles. The molecule has 0 radical (unpaired) electrons. The largest absolute Gasteiger partial charge is 0.300 e. The minimum atomic E-state index is 0.467. The number of Topliss-reactive ketones (excluding diaryl/α,β-unsaturated/α-hetero) is 1. The molecule has 50 valence electrons. The van der Waals surface area contributed by atoms with Crippen molar-refractivity contribution in [1.82, 2.24) is 4.90 Å². The summed E-state index contributed by atoms with van der Waals surface area (Å²) in [5.41, 5.74) is 0. The standard InChI is InChI=1S/C7H11NO/c1-8-5-2-6(8)4-7(9)3-5/h5-6H,2-4H2,1H3. The van der Waals surface area contributed by atoms with Crippen LogP contribution in [-0.2, 0) is 4.79 Å². The molecule has 2 heteroatoms. The van der Waals surface area contributed by atoms with Gasteiger partial charge in [0, 0.05) is 24.9 Å². The van der Waals surface area contributed by atoms with E-state index in [1.54, 1.807) is 0 Å². The maximum atomic E-state index is 10.8. The van der Waals surface area contributed by atoms with E-state index in [9.17, 15) is 4.79 Å². The Hall–Kier alpha value is -0.370. The average molecular weight is 125 g/mol. The molecule has 0 N–H and O–H groups in total. The highest BCUT2D eigenvalue weighted by Crippen LogP contribution is 2.34. The second-order valence-electron chi connectivity index (χ2n) is 3.16. The van der Waals surface area contributed by atoms with E-state index in [-0.39, 0.29) is 0 Å². The van der Waals surface area contributed by atoms with E-state index in [2.05, 4.69) is 11.9 Å². The number of carbonyl (C=O) groups is 1. The first-order valence-electron chi connectivity index (χ1n) is 3.51. The van der Waals surface area contributed by atoms with Crippen molar-refractivity contribution in [3.63, 3.8) is 0 Å². The second kappa shape index (κ2) is 1.57. The third-order valence-electron chi connectivity index (χ3n) is 2.62. The van der Waals surface area contributed by atoms with E-state index < -0.39 is 0 Å². The Morgan fingerprint density at radius 1 is 1.44 bits per heavy atom. The van der Waals surface area contributed by atoms with Crippen molar-refractivity contribution in [1.29, 1.82) is 0 Å². The van der Waals surface area contributed by atoms with E-state index in [0.717, 1.165) is 12.8 Å². The van der Waals surface area contributed by atoms with Gasteiger partial charge in [-0.1, -0.05) is 0 Å². The minimum absolute atomic E-state index is 0.467. The van der Waals surface area contributed by atoms with Crippen LogP contribution in [0.1, 0.15) is 19.3 Å². The fraction of sp³-hybridized carbons (Fsp3) is 0.857. The van der Waals surface area contributed by atoms with Gasteiger partial charge < -0.3 is 0 Å². The third kappa shape index (κ3) is 0.628. The van der Waals surface area contributed by atoms with Crippen molar-refractivity contribution in [3.05, 3.63) is 0 Å². The van der Waals surface area contributed by atoms with Crippen LogP contribution in [0.25, 0.3) is 0 Å². The number of carbonyl (C=O) groups excluding carboxylic acids is 1. The van der Waals surface area contributed by atoms with Gasteiger partial charge in [-0.3, -0.25) is 9.69 Å². The summed E-state index contributed by atoms with van der Waals surface area (Å²) >= 11 is 0. The summed E-state index contributed by atoms with van der Waals surface area (Å²) in [6, 6.07) is 1.22. The lowest BCUT2D eigenvalue weighted by Crippen LogP contribution is -2.58. The van der Waals surface area contributed by atoms with Gasteiger partial charge in [-0.15, -0.1) is 0 Å². The van der Waals surface area contributed by atoms with Crippen LogP contribution < -0.4 is 0 Å².